The molecule has 4 aromatic rings. The molecule has 2 amide bonds. The molecule has 1 atom stereocenters. The predicted molar refractivity (Wildman–Crippen MR) is 114 cm³/mol. The minimum Gasteiger partial charge on any atom is -0.345 e. The van der Waals surface area contributed by atoms with Crippen LogP contribution in [0.2, 0.25) is 0 Å². The van der Waals surface area contributed by atoms with E-state index >= 15 is 0 Å². The number of rotatable bonds is 5. The van der Waals surface area contributed by atoms with E-state index in [2.05, 4.69) is 20.7 Å². The highest BCUT2D eigenvalue weighted by molar-refractivity contribution is 6.08. The van der Waals surface area contributed by atoms with Gasteiger partial charge in [0.05, 0.1) is 17.3 Å². The summed E-state index contributed by atoms with van der Waals surface area (Å²) in [7, 11) is 0. The molecule has 0 radical (unpaired) electrons. The molecular formula is C23H20FN5O2. The summed E-state index contributed by atoms with van der Waals surface area (Å²) in [6, 6.07) is 14.9. The van der Waals surface area contributed by atoms with Gasteiger partial charge in [-0.2, -0.15) is 5.10 Å². The predicted octanol–water partition coefficient (Wildman–Crippen LogP) is 3.92. The maximum atomic E-state index is 14.3. The van der Waals surface area contributed by atoms with Crippen molar-refractivity contribution in [2.24, 2.45) is 0 Å². The number of carbonyl (C=O) groups excluding carboxylic acids is 2. The fourth-order valence-electron chi connectivity index (χ4n) is 3.20. The third-order valence-electron chi connectivity index (χ3n) is 4.91. The number of nitrogens with one attached hydrogen (secondary N) is 2. The number of fused-ring (bicyclic) bond motifs is 1. The molecule has 0 saturated carbocycles. The van der Waals surface area contributed by atoms with Gasteiger partial charge in [0.1, 0.15) is 5.82 Å². The lowest BCUT2D eigenvalue weighted by molar-refractivity contribution is 0.0940. The Labute approximate surface area is 177 Å². The number of halogens is 1. The van der Waals surface area contributed by atoms with Gasteiger partial charge in [-0.3, -0.25) is 9.59 Å². The molecule has 0 spiro atoms. The normalized spacial score (nSPS) is 11.8. The largest absolute Gasteiger partial charge is 0.345 e. The van der Waals surface area contributed by atoms with Crippen molar-refractivity contribution in [1.82, 2.24) is 19.9 Å². The monoisotopic (exact) mass is 417 g/mol. The Morgan fingerprint density at radius 2 is 1.84 bits per heavy atom. The number of hydrogen-bond acceptors (Lipinski definition) is 4. The minimum absolute atomic E-state index is 0.0288. The SMILES string of the molecule is Cc1cc(NC(=O)c2cc3ncccn3n2)c(C(=O)NC(C)c2ccccc2)cc1F. The Balaban J connectivity index is 1.60. The van der Waals surface area contributed by atoms with Crippen LogP contribution in [0.15, 0.2) is 67.0 Å². The number of benzene rings is 2. The summed E-state index contributed by atoms with van der Waals surface area (Å²) in [4.78, 5) is 29.8. The summed E-state index contributed by atoms with van der Waals surface area (Å²) in [5, 5.41) is 9.71. The smallest absolute Gasteiger partial charge is 0.276 e. The molecule has 1 unspecified atom stereocenters. The van der Waals surface area contributed by atoms with Gasteiger partial charge >= 0.3 is 0 Å². The number of aryl methyl sites for hydroxylation is 1. The number of nitrogens with zero attached hydrogens (tertiary/aromatic N) is 3. The molecule has 0 saturated heterocycles. The number of aromatic nitrogens is 3. The zero-order chi connectivity index (χ0) is 22.0. The molecular weight excluding hydrogens is 397 g/mol. The van der Waals surface area contributed by atoms with Crippen molar-refractivity contribution in [2.45, 2.75) is 19.9 Å². The van der Waals surface area contributed by atoms with Crippen molar-refractivity contribution < 1.29 is 14.0 Å². The van der Waals surface area contributed by atoms with Gasteiger partial charge in [-0.05, 0) is 43.2 Å². The number of amides is 2. The minimum atomic E-state index is -0.535. The van der Waals surface area contributed by atoms with Gasteiger partial charge in [0.2, 0.25) is 0 Å². The molecule has 156 valence electrons. The molecule has 31 heavy (non-hydrogen) atoms. The van der Waals surface area contributed by atoms with Gasteiger partial charge in [-0.15, -0.1) is 0 Å². The van der Waals surface area contributed by atoms with E-state index in [1.54, 1.807) is 25.4 Å². The summed E-state index contributed by atoms with van der Waals surface area (Å²) in [5.41, 5.74) is 2.08. The molecule has 0 aliphatic rings. The molecule has 2 aromatic heterocycles. The van der Waals surface area contributed by atoms with Crippen LogP contribution in [0, 0.1) is 12.7 Å². The first-order valence-electron chi connectivity index (χ1n) is 9.70. The molecule has 0 fully saturated rings. The van der Waals surface area contributed by atoms with E-state index in [1.807, 2.05) is 37.3 Å². The summed E-state index contributed by atoms with van der Waals surface area (Å²) in [6.45, 7) is 3.40. The quantitative estimate of drug-likeness (QED) is 0.515. The lowest BCUT2D eigenvalue weighted by Gasteiger charge is -2.17. The summed E-state index contributed by atoms with van der Waals surface area (Å²) >= 11 is 0. The zero-order valence-corrected chi connectivity index (χ0v) is 17.0. The second-order valence-electron chi connectivity index (χ2n) is 7.16. The van der Waals surface area contributed by atoms with E-state index in [-0.39, 0.29) is 23.0 Å². The van der Waals surface area contributed by atoms with Crippen LogP contribution in [0.4, 0.5) is 10.1 Å². The highest BCUT2D eigenvalue weighted by atomic mass is 19.1. The van der Waals surface area contributed by atoms with Crippen LogP contribution in [-0.2, 0) is 0 Å². The fraction of sp³-hybridized carbons (Fsp3) is 0.130. The van der Waals surface area contributed by atoms with Crippen LogP contribution in [0.1, 0.15) is 44.9 Å². The summed E-state index contributed by atoms with van der Waals surface area (Å²) in [6.07, 6.45) is 3.27. The molecule has 0 aliphatic carbocycles. The Bertz CT molecular complexity index is 1240. The van der Waals surface area contributed by atoms with Crippen molar-refractivity contribution >= 4 is 23.1 Å². The maximum absolute atomic E-state index is 14.3. The van der Waals surface area contributed by atoms with Crippen LogP contribution in [0.25, 0.3) is 5.65 Å². The first-order chi connectivity index (χ1) is 14.9. The first kappa shape index (κ1) is 20.2. The van der Waals surface area contributed by atoms with Crippen molar-refractivity contribution in [1.29, 1.82) is 0 Å². The Morgan fingerprint density at radius 3 is 2.58 bits per heavy atom. The van der Waals surface area contributed by atoms with Gasteiger partial charge in [-0.25, -0.2) is 13.9 Å². The Kier molecular flexibility index (Phi) is 5.44. The average Bonchev–Trinajstić information content (AvgIpc) is 3.21. The topological polar surface area (TPSA) is 88.4 Å². The maximum Gasteiger partial charge on any atom is 0.276 e. The highest BCUT2D eigenvalue weighted by Gasteiger charge is 2.20. The third-order valence-corrected chi connectivity index (χ3v) is 4.91. The van der Waals surface area contributed by atoms with E-state index in [0.29, 0.717) is 11.2 Å². The second kappa shape index (κ2) is 8.35. The fourth-order valence-corrected chi connectivity index (χ4v) is 3.20. The van der Waals surface area contributed by atoms with E-state index < -0.39 is 17.6 Å². The van der Waals surface area contributed by atoms with Crippen LogP contribution in [-0.4, -0.2) is 26.4 Å². The molecule has 8 heteroatoms. The van der Waals surface area contributed by atoms with Gasteiger partial charge in [-0.1, -0.05) is 30.3 Å². The van der Waals surface area contributed by atoms with Crippen LogP contribution >= 0.6 is 0 Å². The van der Waals surface area contributed by atoms with Gasteiger partial charge in [0, 0.05) is 18.5 Å². The van der Waals surface area contributed by atoms with E-state index in [1.165, 1.54) is 16.6 Å². The summed E-state index contributed by atoms with van der Waals surface area (Å²) < 4.78 is 15.7. The standard InChI is InChI=1S/C23H20FN5O2/c1-14-11-19(27-23(31)20-13-21-25-9-6-10-29(21)28-20)17(12-18(14)24)22(30)26-15(2)16-7-4-3-5-8-16/h3-13,15H,1-2H3,(H,26,30)(H,27,31). The lowest BCUT2D eigenvalue weighted by Crippen LogP contribution is -2.28. The molecule has 7 nitrogen and oxygen atoms in total. The van der Waals surface area contributed by atoms with Crippen molar-refractivity contribution in [2.75, 3.05) is 5.32 Å². The first-order valence-corrected chi connectivity index (χ1v) is 9.70. The van der Waals surface area contributed by atoms with Gasteiger partial charge < -0.3 is 10.6 Å². The van der Waals surface area contributed by atoms with E-state index in [4.69, 9.17) is 0 Å². The summed E-state index contributed by atoms with van der Waals surface area (Å²) in [5.74, 6) is -1.56. The van der Waals surface area contributed by atoms with Crippen molar-refractivity contribution in [3.63, 3.8) is 0 Å². The van der Waals surface area contributed by atoms with Crippen LogP contribution in [0.3, 0.4) is 0 Å². The molecule has 0 bridgehead atoms. The lowest BCUT2D eigenvalue weighted by atomic mass is 10.1. The molecule has 0 aliphatic heterocycles. The van der Waals surface area contributed by atoms with Gasteiger partial charge in [0.15, 0.2) is 11.3 Å². The number of carbonyl (C=O) groups is 2. The third kappa shape index (κ3) is 4.28. The Morgan fingerprint density at radius 1 is 1.06 bits per heavy atom. The molecule has 2 N–H and O–H groups in total. The van der Waals surface area contributed by atoms with E-state index in [9.17, 15) is 14.0 Å². The van der Waals surface area contributed by atoms with Crippen molar-refractivity contribution in [3.05, 3.63) is 95.2 Å². The van der Waals surface area contributed by atoms with E-state index in [0.717, 1.165) is 11.6 Å². The molecule has 2 aromatic carbocycles. The molecule has 4 rings (SSSR count). The van der Waals surface area contributed by atoms with Crippen molar-refractivity contribution in [3.8, 4) is 0 Å². The zero-order valence-electron chi connectivity index (χ0n) is 17.0. The van der Waals surface area contributed by atoms with Crippen LogP contribution < -0.4 is 10.6 Å². The van der Waals surface area contributed by atoms with Crippen LogP contribution in [0.5, 0.6) is 0 Å². The Hall–Kier alpha value is -4.07. The molecule has 2 heterocycles. The highest BCUT2D eigenvalue weighted by Crippen LogP contribution is 2.23. The van der Waals surface area contributed by atoms with Gasteiger partial charge in [0.25, 0.3) is 11.8 Å². The second-order valence-corrected chi connectivity index (χ2v) is 7.16. The average molecular weight is 417 g/mol. The number of hydrogen-bond donors (Lipinski definition) is 2. The number of anilines is 1.